The topological polar surface area (TPSA) is 69.6 Å². The molecule has 0 aromatic heterocycles. The third-order valence-electron chi connectivity index (χ3n) is 4.41. The van der Waals surface area contributed by atoms with Crippen LogP contribution in [0.1, 0.15) is 65.7 Å². The van der Waals surface area contributed by atoms with E-state index in [9.17, 15) is 9.59 Å². The Labute approximate surface area is 134 Å². The quantitative estimate of drug-likeness (QED) is 0.687. The lowest BCUT2D eigenvalue weighted by Crippen LogP contribution is -2.42. The Morgan fingerprint density at radius 1 is 1.32 bits per heavy atom. The molecule has 0 aliphatic carbocycles. The van der Waals surface area contributed by atoms with Gasteiger partial charge in [-0.05, 0) is 51.1 Å². The van der Waals surface area contributed by atoms with Crippen LogP contribution in [0.5, 0.6) is 0 Å². The molecular formula is C17H32N2O3. The van der Waals surface area contributed by atoms with Crippen LogP contribution in [0.25, 0.3) is 0 Å². The zero-order valence-corrected chi connectivity index (χ0v) is 14.3. The van der Waals surface area contributed by atoms with Crippen molar-refractivity contribution in [2.45, 2.75) is 77.8 Å². The first-order chi connectivity index (χ1) is 10.4. The summed E-state index contributed by atoms with van der Waals surface area (Å²) in [7, 11) is 0. The summed E-state index contributed by atoms with van der Waals surface area (Å²) in [5, 5.41) is 11.8. The van der Waals surface area contributed by atoms with Crippen LogP contribution < -0.4 is 5.32 Å². The number of hydrogen-bond donors (Lipinski definition) is 2. The van der Waals surface area contributed by atoms with E-state index in [2.05, 4.69) is 17.1 Å². The monoisotopic (exact) mass is 312 g/mol. The van der Waals surface area contributed by atoms with Crippen molar-refractivity contribution in [1.82, 2.24) is 10.2 Å². The summed E-state index contributed by atoms with van der Waals surface area (Å²) in [6.07, 6.45) is 6.68. The Hall–Kier alpha value is -1.10. The van der Waals surface area contributed by atoms with Gasteiger partial charge in [-0.15, -0.1) is 0 Å². The highest BCUT2D eigenvalue weighted by Gasteiger charge is 2.22. The molecular weight excluding hydrogens is 280 g/mol. The van der Waals surface area contributed by atoms with Gasteiger partial charge < -0.3 is 15.3 Å². The fourth-order valence-corrected chi connectivity index (χ4v) is 3.22. The maximum absolute atomic E-state index is 11.9. The lowest BCUT2D eigenvalue weighted by atomic mass is 9.99. The smallest absolute Gasteiger partial charge is 0.326 e. The second kappa shape index (κ2) is 9.82. The minimum absolute atomic E-state index is 0.141. The molecule has 128 valence electrons. The van der Waals surface area contributed by atoms with Gasteiger partial charge in [0.05, 0.1) is 0 Å². The highest BCUT2D eigenvalue weighted by Crippen LogP contribution is 2.19. The predicted molar refractivity (Wildman–Crippen MR) is 87.8 cm³/mol. The average molecular weight is 312 g/mol. The van der Waals surface area contributed by atoms with Crippen molar-refractivity contribution in [2.75, 3.05) is 13.1 Å². The number of nitrogens with one attached hydrogen (secondary N) is 1. The summed E-state index contributed by atoms with van der Waals surface area (Å²) in [4.78, 5) is 25.6. The molecule has 0 radical (unpaired) electrons. The van der Waals surface area contributed by atoms with Gasteiger partial charge in [0.2, 0.25) is 5.91 Å². The van der Waals surface area contributed by atoms with E-state index in [0.29, 0.717) is 18.9 Å². The van der Waals surface area contributed by atoms with E-state index in [0.717, 1.165) is 19.5 Å². The molecule has 1 aliphatic rings. The summed E-state index contributed by atoms with van der Waals surface area (Å²) in [6.45, 7) is 8.21. The number of nitrogens with zero attached hydrogens (tertiary/aromatic N) is 1. The number of carbonyl (C=O) groups excluding carboxylic acids is 1. The van der Waals surface area contributed by atoms with E-state index in [4.69, 9.17) is 5.11 Å². The number of carbonyl (C=O) groups is 2. The SMILES string of the molecule is CCC1CCCCN1CCCC(=O)NC(CC(C)C)C(=O)O. The molecule has 0 aromatic rings. The molecule has 22 heavy (non-hydrogen) atoms. The highest BCUT2D eigenvalue weighted by atomic mass is 16.4. The minimum Gasteiger partial charge on any atom is -0.480 e. The number of aliphatic carboxylic acids is 1. The van der Waals surface area contributed by atoms with Crippen LogP contribution in [-0.4, -0.2) is 47.1 Å². The summed E-state index contributed by atoms with van der Waals surface area (Å²) < 4.78 is 0. The summed E-state index contributed by atoms with van der Waals surface area (Å²) >= 11 is 0. The van der Waals surface area contributed by atoms with Crippen LogP contribution in [0.2, 0.25) is 0 Å². The van der Waals surface area contributed by atoms with Crippen molar-refractivity contribution in [1.29, 1.82) is 0 Å². The highest BCUT2D eigenvalue weighted by molar-refractivity contribution is 5.83. The van der Waals surface area contributed by atoms with E-state index in [1.807, 2.05) is 13.8 Å². The van der Waals surface area contributed by atoms with Gasteiger partial charge in [0, 0.05) is 12.5 Å². The maximum Gasteiger partial charge on any atom is 0.326 e. The largest absolute Gasteiger partial charge is 0.480 e. The molecule has 1 aliphatic heterocycles. The van der Waals surface area contributed by atoms with Gasteiger partial charge in [-0.1, -0.05) is 27.2 Å². The Morgan fingerprint density at radius 3 is 2.64 bits per heavy atom. The fraction of sp³-hybridized carbons (Fsp3) is 0.882. The molecule has 2 unspecified atom stereocenters. The van der Waals surface area contributed by atoms with Gasteiger partial charge in [-0.25, -0.2) is 4.79 Å². The molecule has 5 heteroatoms. The molecule has 2 atom stereocenters. The Kier molecular flexibility index (Phi) is 8.46. The number of piperidine rings is 1. The van der Waals surface area contributed by atoms with E-state index in [1.54, 1.807) is 0 Å². The molecule has 0 bridgehead atoms. The van der Waals surface area contributed by atoms with Gasteiger partial charge in [0.15, 0.2) is 0 Å². The van der Waals surface area contributed by atoms with Crippen molar-refractivity contribution >= 4 is 11.9 Å². The van der Waals surface area contributed by atoms with E-state index in [-0.39, 0.29) is 11.8 Å². The number of likely N-dealkylation sites (tertiary alicyclic amines) is 1. The normalized spacial score (nSPS) is 20.8. The molecule has 5 nitrogen and oxygen atoms in total. The lowest BCUT2D eigenvalue weighted by molar-refractivity contribution is -0.142. The lowest BCUT2D eigenvalue weighted by Gasteiger charge is -2.35. The van der Waals surface area contributed by atoms with Gasteiger partial charge >= 0.3 is 5.97 Å². The number of hydrogen-bond acceptors (Lipinski definition) is 3. The fourth-order valence-electron chi connectivity index (χ4n) is 3.22. The van der Waals surface area contributed by atoms with E-state index < -0.39 is 12.0 Å². The van der Waals surface area contributed by atoms with Crippen LogP contribution in [0, 0.1) is 5.92 Å². The number of carboxylic acid groups (broad SMARTS) is 1. The standard InChI is InChI=1S/C17H32N2O3/c1-4-14-8-5-6-10-19(14)11-7-9-16(20)18-15(17(21)22)12-13(2)3/h13-15H,4-12H2,1-3H3,(H,18,20)(H,21,22). The van der Waals surface area contributed by atoms with E-state index in [1.165, 1.54) is 25.7 Å². The number of amides is 1. The average Bonchev–Trinajstić information content (AvgIpc) is 2.46. The van der Waals surface area contributed by atoms with Crippen molar-refractivity contribution in [3.05, 3.63) is 0 Å². The van der Waals surface area contributed by atoms with Crippen LogP contribution in [0.15, 0.2) is 0 Å². The molecule has 1 amide bonds. The Balaban J connectivity index is 2.31. The van der Waals surface area contributed by atoms with Crippen molar-refractivity contribution in [3.63, 3.8) is 0 Å². The van der Waals surface area contributed by atoms with Crippen molar-refractivity contribution < 1.29 is 14.7 Å². The Morgan fingerprint density at radius 2 is 2.05 bits per heavy atom. The van der Waals surface area contributed by atoms with Crippen LogP contribution in [0.4, 0.5) is 0 Å². The van der Waals surface area contributed by atoms with Gasteiger partial charge in [0.1, 0.15) is 6.04 Å². The molecule has 0 spiro atoms. The van der Waals surface area contributed by atoms with Gasteiger partial charge in [-0.2, -0.15) is 0 Å². The predicted octanol–water partition coefficient (Wildman–Crippen LogP) is 2.65. The number of carboxylic acids is 1. The molecule has 0 saturated carbocycles. The van der Waals surface area contributed by atoms with Gasteiger partial charge in [-0.3, -0.25) is 4.79 Å². The first kappa shape index (κ1) is 18.9. The molecule has 1 heterocycles. The molecule has 1 rings (SSSR count). The van der Waals surface area contributed by atoms with Gasteiger partial charge in [0.25, 0.3) is 0 Å². The molecule has 1 saturated heterocycles. The second-order valence-electron chi connectivity index (χ2n) is 6.79. The molecule has 0 aromatic carbocycles. The van der Waals surface area contributed by atoms with Crippen molar-refractivity contribution in [3.8, 4) is 0 Å². The van der Waals surface area contributed by atoms with Crippen LogP contribution in [0.3, 0.4) is 0 Å². The molecule has 1 fully saturated rings. The summed E-state index contributed by atoms with van der Waals surface area (Å²) in [6, 6.07) is -0.101. The van der Waals surface area contributed by atoms with Crippen LogP contribution in [-0.2, 0) is 9.59 Å². The first-order valence-corrected chi connectivity index (χ1v) is 8.70. The second-order valence-corrected chi connectivity index (χ2v) is 6.79. The third kappa shape index (κ3) is 6.77. The number of rotatable bonds is 9. The maximum atomic E-state index is 11.9. The third-order valence-corrected chi connectivity index (χ3v) is 4.41. The first-order valence-electron chi connectivity index (χ1n) is 8.70. The van der Waals surface area contributed by atoms with Crippen LogP contribution >= 0.6 is 0 Å². The summed E-state index contributed by atoms with van der Waals surface area (Å²) in [5.41, 5.74) is 0. The van der Waals surface area contributed by atoms with E-state index >= 15 is 0 Å². The van der Waals surface area contributed by atoms with Crippen molar-refractivity contribution in [2.24, 2.45) is 5.92 Å². The Bertz CT molecular complexity index is 358. The minimum atomic E-state index is -0.941. The summed E-state index contributed by atoms with van der Waals surface area (Å²) in [5.74, 6) is -0.831. The molecule has 2 N–H and O–H groups in total. The zero-order chi connectivity index (χ0) is 16.5. The zero-order valence-electron chi connectivity index (χ0n) is 14.3.